The van der Waals surface area contributed by atoms with Gasteiger partial charge in [0.1, 0.15) is 10.1 Å². The van der Waals surface area contributed by atoms with Gasteiger partial charge in [0, 0.05) is 18.5 Å². The maximum absolute atomic E-state index is 4.77. The highest BCUT2D eigenvalue weighted by Crippen LogP contribution is 2.32. The van der Waals surface area contributed by atoms with Crippen LogP contribution in [-0.4, -0.2) is 22.4 Å². The maximum Gasteiger partial charge on any atom is 0.116 e. The lowest BCUT2D eigenvalue weighted by Gasteiger charge is -2.31. The Labute approximate surface area is 128 Å². The molecule has 20 heavy (non-hydrogen) atoms. The summed E-state index contributed by atoms with van der Waals surface area (Å²) in [5.74, 6) is 0. The fourth-order valence-corrected chi connectivity index (χ4v) is 4.35. The first-order valence-electron chi connectivity index (χ1n) is 7.05. The maximum atomic E-state index is 4.77. The third kappa shape index (κ3) is 2.99. The normalized spacial score (nSPS) is 15.6. The molecule has 5 heteroatoms. The van der Waals surface area contributed by atoms with Gasteiger partial charge in [0.2, 0.25) is 0 Å². The van der Waals surface area contributed by atoms with Gasteiger partial charge < -0.3 is 4.90 Å². The molecule has 0 N–H and O–H groups in total. The van der Waals surface area contributed by atoms with Crippen molar-refractivity contribution in [2.24, 2.45) is 0 Å². The molecule has 0 aromatic carbocycles. The van der Waals surface area contributed by atoms with E-state index in [9.17, 15) is 0 Å². The van der Waals surface area contributed by atoms with Crippen LogP contribution in [0.1, 0.15) is 30.5 Å². The molecular formula is C15H19N3S2. The molecule has 0 saturated carbocycles. The molecule has 1 aliphatic rings. The number of aryl methyl sites for hydroxylation is 2. The van der Waals surface area contributed by atoms with Crippen LogP contribution in [0.5, 0.6) is 0 Å². The van der Waals surface area contributed by atoms with Gasteiger partial charge in [-0.25, -0.2) is 4.98 Å². The van der Waals surface area contributed by atoms with Crippen LogP contribution in [-0.2, 0) is 0 Å². The highest BCUT2D eigenvalue weighted by Gasteiger charge is 2.17. The lowest BCUT2D eigenvalue weighted by molar-refractivity contribution is 0.575. The Morgan fingerprint density at radius 1 is 1.15 bits per heavy atom. The molecule has 3 rings (SSSR count). The summed E-state index contributed by atoms with van der Waals surface area (Å²) in [5.41, 5.74) is 3.81. The van der Waals surface area contributed by atoms with Crippen LogP contribution in [0.3, 0.4) is 0 Å². The van der Waals surface area contributed by atoms with Gasteiger partial charge in [-0.05, 0) is 74.1 Å². The molecule has 3 heterocycles. The van der Waals surface area contributed by atoms with Gasteiger partial charge in [0.05, 0.1) is 11.4 Å². The molecule has 1 saturated heterocycles. The monoisotopic (exact) mass is 305 g/mol. The van der Waals surface area contributed by atoms with E-state index in [2.05, 4.69) is 29.2 Å². The molecule has 2 aromatic heterocycles. The molecule has 0 aliphatic carbocycles. The summed E-state index contributed by atoms with van der Waals surface area (Å²) in [6, 6.07) is 4.24. The molecule has 1 aliphatic heterocycles. The average molecular weight is 305 g/mol. The summed E-state index contributed by atoms with van der Waals surface area (Å²) in [6.45, 7) is 6.66. The fourth-order valence-electron chi connectivity index (χ4n) is 2.80. The van der Waals surface area contributed by atoms with E-state index >= 15 is 0 Å². The van der Waals surface area contributed by atoms with Crippen LogP contribution in [0.2, 0.25) is 0 Å². The Balaban J connectivity index is 1.86. The number of hydrogen-bond donors (Lipinski definition) is 0. The third-order valence-corrected chi connectivity index (χ3v) is 5.16. The van der Waals surface area contributed by atoms with Crippen LogP contribution in [0.25, 0.3) is 0 Å². The lowest BCUT2D eigenvalue weighted by Crippen LogP contribution is -2.30. The largest absolute Gasteiger partial charge is 0.370 e. The zero-order chi connectivity index (χ0) is 13.9. The van der Waals surface area contributed by atoms with Gasteiger partial charge in [0.15, 0.2) is 0 Å². The first-order valence-corrected chi connectivity index (χ1v) is 8.71. The topological polar surface area (TPSA) is 29.0 Å². The fraction of sp³-hybridized carbons (Fsp3) is 0.467. The summed E-state index contributed by atoms with van der Waals surface area (Å²) in [7, 11) is 0. The summed E-state index contributed by atoms with van der Waals surface area (Å²) in [4.78, 5) is 7.27. The summed E-state index contributed by atoms with van der Waals surface area (Å²) in [5, 5.41) is 4.09. The Morgan fingerprint density at radius 3 is 2.60 bits per heavy atom. The second-order valence-corrected chi connectivity index (χ2v) is 6.91. The van der Waals surface area contributed by atoms with Crippen molar-refractivity contribution in [3.8, 4) is 0 Å². The summed E-state index contributed by atoms with van der Waals surface area (Å²) >= 11 is 3.13. The Morgan fingerprint density at radius 2 is 1.95 bits per heavy atom. The van der Waals surface area contributed by atoms with Crippen molar-refractivity contribution in [1.82, 2.24) is 9.36 Å². The number of nitrogens with zero attached hydrogens (tertiary/aromatic N) is 3. The van der Waals surface area contributed by atoms with Gasteiger partial charge in [-0.2, -0.15) is 4.37 Å². The molecule has 0 spiro atoms. The number of anilines is 1. The standard InChI is InChI=1S/C15H19N3S2/c1-11-10-14(20-13-6-9-19-17-13)16-12(2)15(11)18-7-4-3-5-8-18/h6,9-10H,3-5,7-8H2,1-2H3. The van der Waals surface area contributed by atoms with E-state index in [-0.39, 0.29) is 0 Å². The molecule has 2 aromatic rings. The number of aromatic nitrogens is 2. The second kappa shape index (κ2) is 6.14. The van der Waals surface area contributed by atoms with Crippen LogP contribution >= 0.6 is 23.3 Å². The summed E-state index contributed by atoms with van der Waals surface area (Å²) in [6.07, 6.45) is 3.96. The third-order valence-electron chi connectivity index (χ3n) is 3.63. The number of rotatable bonds is 3. The number of piperidine rings is 1. The van der Waals surface area contributed by atoms with E-state index in [1.807, 2.05) is 11.4 Å². The van der Waals surface area contributed by atoms with Crippen LogP contribution in [0.4, 0.5) is 5.69 Å². The molecule has 0 amide bonds. The van der Waals surface area contributed by atoms with E-state index in [0.717, 1.165) is 15.7 Å². The highest BCUT2D eigenvalue weighted by molar-refractivity contribution is 7.99. The molecule has 1 fully saturated rings. The van der Waals surface area contributed by atoms with Gasteiger partial charge in [-0.1, -0.05) is 0 Å². The zero-order valence-corrected chi connectivity index (χ0v) is 13.6. The van der Waals surface area contributed by atoms with Gasteiger partial charge in [-0.15, -0.1) is 0 Å². The van der Waals surface area contributed by atoms with Crippen molar-refractivity contribution in [2.45, 2.75) is 43.2 Å². The van der Waals surface area contributed by atoms with Crippen LogP contribution in [0.15, 0.2) is 27.6 Å². The van der Waals surface area contributed by atoms with E-state index in [1.54, 1.807) is 11.8 Å². The SMILES string of the molecule is Cc1cc(Sc2ccsn2)nc(C)c1N1CCCCC1. The number of pyridine rings is 1. The minimum Gasteiger partial charge on any atom is -0.370 e. The van der Waals surface area contributed by atoms with E-state index in [4.69, 9.17) is 4.98 Å². The van der Waals surface area contributed by atoms with Crippen LogP contribution < -0.4 is 4.90 Å². The van der Waals surface area contributed by atoms with Crippen molar-refractivity contribution in [3.63, 3.8) is 0 Å². The van der Waals surface area contributed by atoms with Gasteiger partial charge in [-0.3, -0.25) is 0 Å². The molecule has 3 nitrogen and oxygen atoms in total. The molecule has 0 bridgehead atoms. The first-order chi connectivity index (χ1) is 9.74. The number of hydrogen-bond acceptors (Lipinski definition) is 5. The molecular weight excluding hydrogens is 286 g/mol. The predicted molar refractivity (Wildman–Crippen MR) is 86.0 cm³/mol. The van der Waals surface area contributed by atoms with Crippen molar-refractivity contribution in [2.75, 3.05) is 18.0 Å². The minimum absolute atomic E-state index is 1.03. The Hall–Kier alpha value is -1.07. The Bertz CT molecular complexity index is 552. The quantitative estimate of drug-likeness (QED) is 0.845. The molecule has 0 atom stereocenters. The Kier molecular flexibility index (Phi) is 4.27. The minimum atomic E-state index is 1.03. The average Bonchev–Trinajstić information content (AvgIpc) is 2.92. The lowest BCUT2D eigenvalue weighted by atomic mass is 10.1. The highest BCUT2D eigenvalue weighted by atomic mass is 32.2. The van der Waals surface area contributed by atoms with Crippen LogP contribution in [0, 0.1) is 13.8 Å². The van der Waals surface area contributed by atoms with E-state index in [1.165, 1.54) is 55.1 Å². The van der Waals surface area contributed by atoms with Gasteiger partial charge >= 0.3 is 0 Å². The first kappa shape index (κ1) is 13.9. The van der Waals surface area contributed by atoms with E-state index < -0.39 is 0 Å². The predicted octanol–water partition coefficient (Wildman–Crippen LogP) is 4.30. The smallest absolute Gasteiger partial charge is 0.116 e. The van der Waals surface area contributed by atoms with E-state index in [0.29, 0.717) is 0 Å². The van der Waals surface area contributed by atoms with Crippen molar-refractivity contribution in [1.29, 1.82) is 0 Å². The molecule has 106 valence electrons. The van der Waals surface area contributed by atoms with Crippen molar-refractivity contribution < 1.29 is 0 Å². The molecule has 0 unspecified atom stereocenters. The zero-order valence-electron chi connectivity index (χ0n) is 11.9. The van der Waals surface area contributed by atoms with Crippen molar-refractivity contribution >= 4 is 29.0 Å². The second-order valence-electron chi connectivity index (χ2n) is 5.20. The van der Waals surface area contributed by atoms with Crippen molar-refractivity contribution in [3.05, 3.63) is 28.8 Å². The molecule has 0 radical (unpaired) electrons. The van der Waals surface area contributed by atoms with Gasteiger partial charge in [0.25, 0.3) is 0 Å². The summed E-state index contributed by atoms with van der Waals surface area (Å²) < 4.78 is 4.34.